The molecule has 1 aliphatic carbocycles. The second-order valence-corrected chi connectivity index (χ2v) is 13.3. The minimum absolute atomic E-state index is 0.0568. The van der Waals surface area contributed by atoms with Crippen LogP contribution < -0.4 is 16.8 Å². The Morgan fingerprint density at radius 2 is 1.95 bits per heavy atom. The van der Waals surface area contributed by atoms with Gasteiger partial charge in [-0.2, -0.15) is 10.3 Å². The van der Waals surface area contributed by atoms with Gasteiger partial charge in [0.15, 0.2) is 0 Å². The summed E-state index contributed by atoms with van der Waals surface area (Å²) in [5.41, 5.74) is 14.0. The summed E-state index contributed by atoms with van der Waals surface area (Å²) in [6.45, 7) is 16.2. The smallest absolute Gasteiger partial charge is 0.257 e. The van der Waals surface area contributed by atoms with Gasteiger partial charge in [-0.05, 0) is 51.3 Å². The molecule has 1 aromatic heterocycles. The van der Waals surface area contributed by atoms with Gasteiger partial charge in [0.1, 0.15) is 28.8 Å². The highest BCUT2D eigenvalue weighted by atomic mass is 32.1. The molecule has 0 aromatic carbocycles. The molecule has 12 heteroatoms. The molecule has 0 spiro atoms. The number of likely N-dealkylation sites (N-methyl/N-ethyl adjacent to an activating group) is 1. The molecular weight excluding hydrogens is 574 g/mol. The third-order valence-electron chi connectivity index (χ3n) is 9.65. The van der Waals surface area contributed by atoms with Gasteiger partial charge in [-0.15, -0.1) is 11.3 Å². The number of nitrogens with two attached hydrogens (primary N) is 2. The molecule has 3 unspecified atom stereocenters. The Bertz CT molecular complexity index is 1430. The first-order valence-corrected chi connectivity index (χ1v) is 16.5. The summed E-state index contributed by atoms with van der Waals surface area (Å²) in [4.78, 5) is 40.6. The lowest BCUT2D eigenvalue weighted by Crippen LogP contribution is -2.56. The highest BCUT2D eigenvalue weighted by Crippen LogP contribution is 2.46. The predicted molar refractivity (Wildman–Crippen MR) is 175 cm³/mol. The molecule has 5 N–H and O–H groups in total. The minimum atomic E-state index is -0.962. The van der Waals surface area contributed by atoms with Crippen molar-refractivity contribution in [1.82, 2.24) is 24.9 Å². The van der Waals surface area contributed by atoms with E-state index in [-0.39, 0.29) is 17.6 Å². The van der Waals surface area contributed by atoms with Crippen LogP contribution in [0.5, 0.6) is 0 Å². The zero-order chi connectivity index (χ0) is 31.6. The molecule has 0 radical (unpaired) electrons. The van der Waals surface area contributed by atoms with Crippen LogP contribution in [0.4, 0.5) is 5.00 Å². The maximum Gasteiger partial charge on any atom is 0.257 e. The number of hydrogen-bond donors (Lipinski definition) is 3. The minimum Gasteiger partial charge on any atom is -0.389 e. The van der Waals surface area contributed by atoms with E-state index in [2.05, 4.69) is 57.6 Å². The van der Waals surface area contributed by atoms with Crippen LogP contribution in [0.25, 0.3) is 0 Å². The van der Waals surface area contributed by atoms with Crippen LogP contribution in [0.2, 0.25) is 0 Å². The largest absolute Gasteiger partial charge is 0.389 e. The van der Waals surface area contributed by atoms with E-state index >= 15 is 0 Å². The van der Waals surface area contributed by atoms with Crippen LogP contribution in [0.15, 0.2) is 41.3 Å². The molecule has 44 heavy (non-hydrogen) atoms. The molecule has 0 saturated carbocycles. The number of aryl methyl sites for hydroxylation is 1. The predicted octanol–water partition coefficient (Wildman–Crippen LogP) is 2.12. The van der Waals surface area contributed by atoms with Gasteiger partial charge in [-0.3, -0.25) is 14.5 Å². The number of nitrogens with zero attached hydrogens (tertiary/aromatic N) is 6. The number of rotatable bonds is 7. The molecular formula is C32H45N9O2S. The Balaban J connectivity index is 1.43. The number of thiophene rings is 1. The molecule has 5 rings (SSSR count). The lowest BCUT2D eigenvalue weighted by Gasteiger charge is -2.45. The Kier molecular flexibility index (Phi) is 9.37. The quantitative estimate of drug-likeness (QED) is 0.237. The number of nitrogen functional groups attached to an aromatic ring is 1. The second kappa shape index (κ2) is 13.0. The average Bonchev–Trinajstić information content (AvgIpc) is 3.39. The molecule has 11 nitrogen and oxygen atoms in total. The van der Waals surface area contributed by atoms with Crippen molar-refractivity contribution in [2.45, 2.75) is 64.0 Å². The van der Waals surface area contributed by atoms with Crippen molar-refractivity contribution >= 4 is 34.0 Å². The van der Waals surface area contributed by atoms with Crippen LogP contribution in [0, 0.1) is 11.3 Å². The maximum atomic E-state index is 13.9. The van der Waals surface area contributed by atoms with Crippen LogP contribution in [-0.4, -0.2) is 102 Å². The van der Waals surface area contributed by atoms with E-state index < -0.39 is 11.5 Å². The molecule has 236 valence electrons. The first kappa shape index (κ1) is 31.6. The lowest BCUT2D eigenvalue weighted by molar-refractivity contribution is -0.127. The Hall–Kier alpha value is -3.82. The molecule has 3 atom stereocenters. The van der Waals surface area contributed by atoms with Crippen molar-refractivity contribution in [2.75, 3.05) is 58.1 Å². The normalized spacial score (nSPS) is 26.2. The monoisotopic (exact) mass is 619 g/mol. The van der Waals surface area contributed by atoms with Gasteiger partial charge < -0.3 is 31.5 Å². The van der Waals surface area contributed by atoms with Crippen molar-refractivity contribution in [3.8, 4) is 6.07 Å². The number of amidine groups is 1. The summed E-state index contributed by atoms with van der Waals surface area (Å²) in [7, 11) is 0. The topological polar surface area (TPSA) is 147 Å². The number of amides is 2. The number of nitriles is 1. The molecule has 3 aliphatic heterocycles. The van der Waals surface area contributed by atoms with E-state index in [1.165, 1.54) is 17.4 Å². The van der Waals surface area contributed by atoms with Crippen molar-refractivity contribution in [1.29, 1.82) is 5.26 Å². The maximum absolute atomic E-state index is 13.9. The van der Waals surface area contributed by atoms with Gasteiger partial charge in [0.2, 0.25) is 5.91 Å². The molecule has 4 heterocycles. The molecule has 2 amide bonds. The van der Waals surface area contributed by atoms with Crippen molar-refractivity contribution in [2.24, 2.45) is 10.7 Å². The fraction of sp³-hybridized carbons (Fsp3) is 0.562. The highest BCUT2D eigenvalue weighted by molar-refractivity contribution is 7.16. The molecule has 2 fully saturated rings. The summed E-state index contributed by atoms with van der Waals surface area (Å²) in [6, 6.07) is 2.17. The molecule has 0 bridgehead atoms. The number of anilines is 1. The zero-order valence-corrected chi connectivity index (χ0v) is 27.0. The molecule has 2 saturated heterocycles. The SMILES string of the molecule is C=CC(=O)N1CCN(C2=CC(C(N)=NC(=O)C3(C)CCCc4sc(N)c(C#N)c43)NC(N3CCN(CC)C(CC)C3)=C2)CC1. The number of dihydropyridines is 1. The van der Waals surface area contributed by atoms with E-state index in [0.717, 1.165) is 67.4 Å². The standard InChI is InChI=1S/C32H45N9O2S/c1-5-21-20-41(16-11-38(21)7-3)26-18-22(39-12-14-40(15-13-39)27(42)6-2)17-24(36-26)29(34)37-31(43)32(4)10-8-9-25-28(32)23(19-33)30(35)44-25/h6,17-18,21,24,36H,2,5,7-16,20,35H2,1,3-4H3,(H2,34,37,43). The second-order valence-electron chi connectivity index (χ2n) is 12.2. The van der Waals surface area contributed by atoms with Crippen molar-refractivity contribution in [3.63, 3.8) is 0 Å². The lowest BCUT2D eigenvalue weighted by atomic mass is 9.72. The third-order valence-corrected chi connectivity index (χ3v) is 10.7. The van der Waals surface area contributed by atoms with Gasteiger partial charge in [-0.1, -0.05) is 20.4 Å². The van der Waals surface area contributed by atoms with Gasteiger partial charge in [-0.25, -0.2) is 0 Å². The number of piperazine rings is 2. The van der Waals surface area contributed by atoms with Crippen LogP contribution in [-0.2, 0) is 21.4 Å². The van der Waals surface area contributed by atoms with Gasteiger partial charge in [0.25, 0.3) is 5.91 Å². The van der Waals surface area contributed by atoms with E-state index in [9.17, 15) is 14.9 Å². The summed E-state index contributed by atoms with van der Waals surface area (Å²) in [6.07, 6.45) is 8.80. The summed E-state index contributed by atoms with van der Waals surface area (Å²) in [5, 5.41) is 13.9. The van der Waals surface area contributed by atoms with Gasteiger partial charge in [0, 0.05) is 74.1 Å². The highest BCUT2D eigenvalue weighted by Gasteiger charge is 2.43. The number of carbonyl (C=O) groups is 2. The fourth-order valence-corrected chi connectivity index (χ4v) is 8.18. The zero-order valence-electron chi connectivity index (χ0n) is 26.1. The Morgan fingerprint density at radius 3 is 2.61 bits per heavy atom. The van der Waals surface area contributed by atoms with E-state index in [1.807, 2.05) is 17.9 Å². The summed E-state index contributed by atoms with van der Waals surface area (Å²) >= 11 is 1.40. The van der Waals surface area contributed by atoms with Gasteiger partial charge >= 0.3 is 0 Å². The van der Waals surface area contributed by atoms with E-state index in [1.54, 1.807) is 0 Å². The number of hydrogen-bond acceptors (Lipinski definition) is 9. The number of carbonyl (C=O) groups excluding carboxylic acids is 2. The molecule has 1 aromatic rings. The van der Waals surface area contributed by atoms with E-state index in [4.69, 9.17) is 11.5 Å². The number of allylic oxidation sites excluding steroid dienone is 1. The number of fused-ring (bicyclic) bond motifs is 1. The van der Waals surface area contributed by atoms with Crippen LogP contribution >= 0.6 is 11.3 Å². The first-order valence-electron chi connectivity index (χ1n) is 15.7. The summed E-state index contributed by atoms with van der Waals surface area (Å²) in [5.74, 6) is 0.740. The Labute approximate surface area is 264 Å². The Morgan fingerprint density at radius 1 is 1.23 bits per heavy atom. The van der Waals surface area contributed by atoms with Crippen molar-refractivity contribution < 1.29 is 9.59 Å². The molecule has 4 aliphatic rings. The van der Waals surface area contributed by atoms with E-state index in [0.29, 0.717) is 49.2 Å². The number of nitrogens with one attached hydrogen (secondary N) is 1. The fourth-order valence-electron chi connectivity index (χ4n) is 6.99. The van der Waals surface area contributed by atoms with Crippen molar-refractivity contribution in [3.05, 3.63) is 52.3 Å². The van der Waals surface area contributed by atoms with Crippen LogP contribution in [0.3, 0.4) is 0 Å². The average molecular weight is 620 g/mol. The van der Waals surface area contributed by atoms with Gasteiger partial charge in [0.05, 0.1) is 11.0 Å². The van der Waals surface area contributed by atoms with Crippen LogP contribution in [0.1, 0.15) is 56.0 Å². The first-order chi connectivity index (χ1) is 21.1. The number of aliphatic imine (C=N–C) groups is 1. The summed E-state index contributed by atoms with van der Waals surface area (Å²) < 4.78 is 0. The third kappa shape index (κ3) is 5.95.